The second-order valence-electron chi connectivity index (χ2n) is 6.49. The Balaban J connectivity index is 1.40. The standard InChI is InChI=1S/C17H18N2O4S/c1-22-16(21)11-10-17(11)4-6-19(7-5-17)15(20)12-9-13(23-18-12)14-3-2-8-24-14/h2-3,8-9,11H,4-7,10H2,1H3/t11-/m0/s1. The van der Waals surface area contributed by atoms with Crippen LogP contribution in [0.5, 0.6) is 0 Å². The van der Waals surface area contributed by atoms with Crippen LogP contribution in [0.25, 0.3) is 10.6 Å². The number of carbonyl (C=O) groups excluding carboxylic acids is 2. The number of piperidine rings is 1. The molecule has 4 rings (SSSR count). The normalized spacial score (nSPS) is 21.7. The first-order chi connectivity index (χ1) is 11.6. The van der Waals surface area contributed by atoms with Gasteiger partial charge in [-0.15, -0.1) is 11.3 Å². The molecule has 1 saturated heterocycles. The van der Waals surface area contributed by atoms with Crippen molar-refractivity contribution in [3.8, 4) is 10.6 Å². The lowest BCUT2D eigenvalue weighted by Gasteiger charge is -2.32. The fourth-order valence-electron chi connectivity index (χ4n) is 3.60. The zero-order chi connectivity index (χ0) is 16.7. The van der Waals surface area contributed by atoms with Crippen molar-refractivity contribution in [1.29, 1.82) is 0 Å². The average molecular weight is 346 g/mol. The van der Waals surface area contributed by atoms with E-state index in [0.717, 1.165) is 24.1 Å². The number of methoxy groups -OCH3 is 1. The SMILES string of the molecule is COC(=O)[C@@H]1CC12CCN(C(=O)c1cc(-c3cccs3)on1)CC2. The molecule has 1 amide bonds. The van der Waals surface area contributed by atoms with Crippen LogP contribution in [0.1, 0.15) is 29.8 Å². The summed E-state index contributed by atoms with van der Waals surface area (Å²) < 4.78 is 10.1. The highest BCUT2D eigenvalue weighted by molar-refractivity contribution is 7.13. The third kappa shape index (κ3) is 2.53. The van der Waals surface area contributed by atoms with Gasteiger partial charge in [0.2, 0.25) is 0 Å². The summed E-state index contributed by atoms with van der Waals surface area (Å²) in [6.07, 6.45) is 2.57. The van der Waals surface area contributed by atoms with Crippen molar-refractivity contribution in [2.75, 3.05) is 20.2 Å². The second kappa shape index (κ2) is 5.73. The zero-order valence-corrected chi connectivity index (χ0v) is 14.2. The number of nitrogens with zero attached hydrogens (tertiary/aromatic N) is 2. The molecule has 24 heavy (non-hydrogen) atoms. The van der Waals surface area contributed by atoms with Gasteiger partial charge in [-0.25, -0.2) is 0 Å². The number of aromatic nitrogens is 1. The van der Waals surface area contributed by atoms with E-state index in [2.05, 4.69) is 5.16 Å². The molecule has 0 N–H and O–H groups in total. The zero-order valence-electron chi connectivity index (χ0n) is 13.4. The topological polar surface area (TPSA) is 72.6 Å². The van der Waals surface area contributed by atoms with Gasteiger partial charge in [0.1, 0.15) is 0 Å². The molecule has 1 spiro atoms. The van der Waals surface area contributed by atoms with Gasteiger partial charge in [-0.05, 0) is 36.1 Å². The molecule has 2 aromatic heterocycles. The van der Waals surface area contributed by atoms with Crippen molar-refractivity contribution in [1.82, 2.24) is 10.1 Å². The number of likely N-dealkylation sites (tertiary alicyclic amines) is 1. The second-order valence-corrected chi connectivity index (χ2v) is 7.44. The molecule has 2 aromatic rings. The molecule has 3 heterocycles. The molecule has 1 aliphatic heterocycles. The Labute approximate surface area is 143 Å². The average Bonchev–Trinajstić information content (AvgIpc) is 3.05. The van der Waals surface area contributed by atoms with E-state index < -0.39 is 0 Å². The lowest BCUT2D eigenvalue weighted by molar-refractivity contribution is -0.143. The van der Waals surface area contributed by atoms with Crippen LogP contribution in [0.3, 0.4) is 0 Å². The van der Waals surface area contributed by atoms with Crippen LogP contribution < -0.4 is 0 Å². The van der Waals surface area contributed by atoms with E-state index in [-0.39, 0.29) is 23.2 Å². The molecule has 1 aliphatic carbocycles. The highest BCUT2D eigenvalue weighted by Gasteiger charge is 2.59. The van der Waals surface area contributed by atoms with Crippen molar-refractivity contribution in [2.45, 2.75) is 19.3 Å². The monoisotopic (exact) mass is 346 g/mol. The molecule has 2 aliphatic rings. The van der Waals surface area contributed by atoms with Gasteiger partial charge in [-0.2, -0.15) is 0 Å². The molecule has 2 fully saturated rings. The minimum Gasteiger partial charge on any atom is -0.469 e. The van der Waals surface area contributed by atoms with Crippen molar-refractivity contribution in [3.05, 3.63) is 29.3 Å². The highest BCUT2D eigenvalue weighted by Crippen LogP contribution is 2.59. The highest BCUT2D eigenvalue weighted by atomic mass is 32.1. The predicted octanol–water partition coefficient (Wildman–Crippen LogP) is 2.82. The fourth-order valence-corrected chi connectivity index (χ4v) is 4.28. The minimum atomic E-state index is -0.119. The Morgan fingerprint density at radius 1 is 1.42 bits per heavy atom. The van der Waals surface area contributed by atoms with Crippen LogP contribution in [0, 0.1) is 11.3 Å². The number of rotatable bonds is 3. The van der Waals surface area contributed by atoms with Crippen molar-refractivity contribution in [3.63, 3.8) is 0 Å². The van der Waals surface area contributed by atoms with E-state index >= 15 is 0 Å². The third-order valence-corrected chi connectivity index (χ3v) is 6.10. The summed E-state index contributed by atoms with van der Waals surface area (Å²) in [5.74, 6) is 0.408. The van der Waals surface area contributed by atoms with Crippen molar-refractivity contribution >= 4 is 23.2 Å². The number of ether oxygens (including phenoxy) is 1. The lowest BCUT2D eigenvalue weighted by atomic mass is 9.90. The first-order valence-corrected chi connectivity index (χ1v) is 8.89. The summed E-state index contributed by atoms with van der Waals surface area (Å²) in [6.45, 7) is 1.29. The van der Waals surface area contributed by atoms with E-state index in [4.69, 9.17) is 9.26 Å². The molecule has 0 aromatic carbocycles. The molecule has 0 bridgehead atoms. The quantitative estimate of drug-likeness (QED) is 0.799. The number of thiophene rings is 1. The summed E-state index contributed by atoms with van der Waals surface area (Å²) in [4.78, 5) is 27.0. The van der Waals surface area contributed by atoms with Crippen LogP contribution >= 0.6 is 11.3 Å². The molecular formula is C17H18N2O4S. The number of hydrogen-bond donors (Lipinski definition) is 0. The Morgan fingerprint density at radius 2 is 2.21 bits per heavy atom. The molecule has 126 valence electrons. The van der Waals surface area contributed by atoms with Gasteiger partial charge in [0.05, 0.1) is 17.9 Å². The molecule has 1 atom stereocenters. The Bertz CT molecular complexity index is 759. The largest absolute Gasteiger partial charge is 0.469 e. The van der Waals surface area contributed by atoms with E-state index in [1.165, 1.54) is 7.11 Å². The maximum Gasteiger partial charge on any atom is 0.309 e. The van der Waals surface area contributed by atoms with Crippen LogP contribution in [-0.4, -0.2) is 42.1 Å². The summed E-state index contributed by atoms with van der Waals surface area (Å²) in [5.41, 5.74) is 0.394. The minimum absolute atomic E-state index is 0.0113. The molecule has 0 unspecified atom stereocenters. The molecule has 0 radical (unpaired) electrons. The Hall–Kier alpha value is -2.15. The van der Waals surface area contributed by atoms with Gasteiger partial charge in [0.25, 0.3) is 5.91 Å². The van der Waals surface area contributed by atoms with Crippen molar-refractivity contribution < 1.29 is 18.8 Å². The van der Waals surface area contributed by atoms with Gasteiger partial charge in [0.15, 0.2) is 11.5 Å². The van der Waals surface area contributed by atoms with Crippen LogP contribution in [0.4, 0.5) is 0 Å². The third-order valence-electron chi connectivity index (χ3n) is 5.22. The van der Waals surface area contributed by atoms with E-state index in [9.17, 15) is 9.59 Å². The Kier molecular flexibility index (Phi) is 3.68. The number of amides is 1. The van der Waals surface area contributed by atoms with Gasteiger partial charge in [0, 0.05) is 19.2 Å². The summed E-state index contributed by atoms with van der Waals surface area (Å²) in [6, 6.07) is 5.57. The molecule has 6 nitrogen and oxygen atoms in total. The van der Waals surface area contributed by atoms with Gasteiger partial charge in [-0.1, -0.05) is 11.2 Å². The van der Waals surface area contributed by atoms with E-state index in [1.54, 1.807) is 22.3 Å². The summed E-state index contributed by atoms with van der Waals surface area (Å²) in [5, 5.41) is 5.88. The fraction of sp³-hybridized carbons (Fsp3) is 0.471. The van der Waals surface area contributed by atoms with Gasteiger partial charge >= 0.3 is 5.97 Å². The maximum atomic E-state index is 12.6. The Morgan fingerprint density at radius 3 is 2.88 bits per heavy atom. The first-order valence-electron chi connectivity index (χ1n) is 8.01. The predicted molar refractivity (Wildman–Crippen MR) is 87.5 cm³/mol. The van der Waals surface area contributed by atoms with E-state index in [0.29, 0.717) is 24.5 Å². The smallest absolute Gasteiger partial charge is 0.309 e. The van der Waals surface area contributed by atoms with Crippen molar-refractivity contribution in [2.24, 2.45) is 11.3 Å². The number of hydrogen-bond acceptors (Lipinski definition) is 6. The lowest BCUT2D eigenvalue weighted by Crippen LogP contribution is -2.40. The van der Waals surface area contributed by atoms with Crippen LogP contribution in [-0.2, 0) is 9.53 Å². The maximum absolute atomic E-state index is 12.6. The van der Waals surface area contributed by atoms with Gasteiger partial charge < -0.3 is 14.2 Å². The number of esters is 1. The summed E-state index contributed by atoms with van der Waals surface area (Å²) >= 11 is 1.55. The molecular weight excluding hydrogens is 328 g/mol. The van der Waals surface area contributed by atoms with E-state index in [1.807, 2.05) is 17.5 Å². The molecule has 1 saturated carbocycles. The first kappa shape index (κ1) is 15.4. The van der Waals surface area contributed by atoms with Crippen LogP contribution in [0.2, 0.25) is 0 Å². The summed E-state index contributed by atoms with van der Waals surface area (Å²) in [7, 11) is 1.43. The van der Waals surface area contributed by atoms with Gasteiger partial charge in [-0.3, -0.25) is 9.59 Å². The van der Waals surface area contributed by atoms with Crippen LogP contribution in [0.15, 0.2) is 28.1 Å². The molecule has 7 heteroatoms. The number of carbonyl (C=O) groups is 2.